The Kier molecular flexibility index (Phi) is 5.38. The van der Waals surface area contributed by atoms with Crippen LogP contribution in [0.15, 0.2) is 0 Å². The molecule has 11 heavy (non-hydrogen) atoms. The van der Waals surface area contributed by atoms with Crippen LogP contribution in [0.5, 0.6) is 0 Å². The monoisotopic (exact) mass is 165 g/mol. The van der Waals surface area contributed by atoms with E-state index in [-0.39, 0.29) is 0 Å². The van der Waals surface area contributed by atoms with Crippen molar-refractivity contribution in [3.8, 4) is 0 Å². The second-order valence-electron chi connectivity index (χ2n) is 3.13. The average molecular weight is 165 g/mol. The van der Waals surface area contributed by atoms with Crippen LogP contribution in [0.25, 0.3) is 0 Å². The van der Waals surface area contributed by atoms with Crippen LogP contribution in [-0.2, 0) is 0 Å². The molecule has 1 nitrogen and oxygen atoms in total. The second-order valence-corrected chi connectivity index (χ2v) is 3.13. The fourth-order valence-electron chi connectivity index (χ4n) is 1.05. The number of rotatable bonds is 5. The first-order valence-electron chi connectivity index (χ1n) is 4.09. The number of halogens is 2. The van der Waals surface area contributed by atoms with E-state index < -0.39 is 12.5 Å². The van der Waals surface area contributed by atoms with Crippen molar-refractivity contribution in [2.45, 2.75) is 39.7 Å². The van der Waals surface area contributed by atoms with Gasteiger partial charge < -0.3 is 5.32 Å². The minimum absolute atomic E-state index is 0.327. The maximum Gasteiger partial charge on any atom is 0.253 e. The molecule has 1 unspecified atom stereocenters. The lowest BCUT2D eigenvalue weighted by atomic mass is 10.0. The molecule has 1 N–H and O–H groups in total. The summed E-state index contributed by atoms with van der Waals surface area (Å²) in [6.07, 6.45) is -1.69. The van der Waals surface area contributed by atoms with Gasteiger partial charge in [0.2, 0.25) is 0 Å². The van der Waals surface area contributed by atoms with E-state index in [2.05, 4.69) is 5.32 Å². The van der Waals surface area contributed by atoms with Gasteiger partial charge in [-0.1, -0.05) is 20.8 Å². The molecule has 0 spiro atoms. The largest absolute Gasteiger partial charge is 0.309 e. The third-order valence-electron chi connectivity index (χ3n) is 1.50. The zero-order valence-electron chi connectivity index (χ0n) is 7.40. The number of hydrogen-bond acceptors (Lipinski definition) is 1. The summed E-state index contributed by atoms with van der Waals surface area (Å²) in [4.78, 5) is 0. The zero-order valence-corrected chi connectivity index (χ0v) is 7.40. The predicted octanol–water partition coefficient (Wildman–Crippen LogP) is 2.28. The molecule has 0 amide bonds. The van der Waals surface area contributed by atoms with E-state index in [0.29, 0.717) is 18.9 Å². The van der Waals surface area contributed by atoms with Gasteiger partial charge >= 0.3 is 0 Å². The Balaban J connectivity index is 3.69. The predicted molar refractivity (Wildman–Crippen MR) is 42.9 cm³/mol. The topological polar surface area (TPSA) is 12.0 Å². The first-order valence-corrected chi connectivity index (χ1v) is 4.09. The van der Waals surface area contributed by atoms with Gasteiger partial charge in [-0.3, -0.25) is 0 Å². The van der Waals surface area contributed by atoms with Crippen LogP contribution >= 0.6 is 0 Å². The lowest BCUT2D eigenvalue weighted by molar-refractivity contribution is 0.0888. The minimum atomic E-state index is -2.24. The standard InChI is InChI=1S/C8H17F2N/c1-4-11-7(8(9)10)5-6(2)3/h6-8,11H,4-5H2,1-3H3. The van der Waals surface area contributed by atoms with Crippen LogP contribution in [0, 0.1) is 5.92 Å². The third kappa shape index (κ3) is 5.13. The van der Waals surface area contributed by atoms with E-state index in [1.54, 1.807) is 0 Å². The van der Waals surface area contributed by atoms with E-state index in [1.165, 1.54) is 0 Å². The van der Waals surface area contributed by atoms with Crippen molar-refractivity contribution in [3.63, 3.8) is 0 Å². The summed E-state index contributed by atoms with van der Waals surface area (Å²) >= 11 is 0. The molecule has 0 fully saturated rings. The van der Waals surface area contributed by atoms with Crippen LogP contribution in [0.4, 0.5) is 8.78 Å². The molecule has 0 saturated heterocycles. The van der Waals surface area contributed by atoms with Crippen molar-refractivity contribution >= 4 is 0 Å². The van der Waals surface area contributed by atoms with Crippen LogP contribution < -0.4 is 5.32 Å². The molecule has 0 aromatic carbocycles. The maximum absolute atomic E-state index is 12.2. The summed E-state index contributed by atoms with van der Waals surface area (Å²) < 4.78 is 24.4. The highest BCUT2D eigenvalue weighted by Gasteiger charge is 2.19. The minimum Gasteiger partial charge on any atom is -0.309 e. The van der Waals surface area contributed by atoms with Gasteiger partial charge in [0.05, 0.1) is 6.04 Å². The van der Waals surface area contributed by atoms with Crippen LogP contribution in [0.1, 0.15) is 27.2 Å². The highest BCUT2D eigenvalue weighted by atomic mass is 19.3. The van der Waals surface area contributed by atoms with E-state index in [4.69, 9.17) is 0 Å². The molecule has 0 aromatic heterocycles. The van der Waals surface area contributed by atoms with Gasteiger partial charge in [0.15, 0.2) is 0 Å². The maximum atomic E-state index is 12.2. The number of alkyl halides is 2. The van der Waals surface area contributed by atoms with Crippen molar-refractivity contribution < 1.29 is 8.78 Å². The van der Waals surface area contributed by atoms with Crippen molar-refractivity contribution in [2.75, 3.05) is 6.54 Å². The highest BCUT2D eigenvalue weighted by molar-refractivity contribution is 4.69. The molecule has 3 heteroatoms. The van der Waals surface area contributed by atoms with Crippen molar-refractivity contribution in [1.82, 2.24) is 5.32 Å². The summed E-state index contributed by atoms with van der Waals surface area (Å²) in [5, 5.41) is 2.76. The molecule has 0 rings (SSSR count). The summed E-state index contributed by atoms with van der Waals surface area (Å²) in [5.74, 6) is 0.327. The molecule has 1 atom stereocenters. The molecule has 0 heterocycles. The van der Waals surface area contributed by atoms with Crippen molar-refractivity contribution in [1.29, 1.82) is 0 Å². The first kappa shape index (κ1) is 10.8. The lowest BCUT2D eigenvalue weighted by Gasteiger charge is -2.18. The van der Waals surface area contributed by atoms with Gasteiger partial charge in [0.1, 0.15) is 0 Å². The molecule has 0 saturated carbocycles. The van der Waals surface area contributed by atoms with Gasteiger partial charge in [0.25, 0.3) is 6.43 Å². The summed E-state index contributed by atoms with van der Waals surface area (Å²) in [6.45, 7) is 6.36. The smallest absolute Gasteiger partial charge is 0.253 e. The third-order valence-corrected chi connectivity index (χ3v) is 1.50. The van der Waals surface area contributed by atoms with Gasteiger partial charge in [-0.15, -0.1) is 0 Å². The van der Waals surface area contributed by atoms with E-state index in [0.717, 1.165) is 0 Å². The van der Waals surface area contributed by atoms with E-state index in [1.807, 2.05) is 20.8 Å². The Bertz CT molecular complexity index is 94.1. The normalized spacial score (nSPS) is 14.5. The van der Waals surface area contributed by atoms with Crippen LogP contribution in [0.2, 0.25) is 0 Å². The molecule has 0 aliphatic heterocycles. The fraction of sp³-hybridized carbons (Fsp3) is 1.00. The van der Waals surface area contributed by atoms with Gasteiger partial charge in [-0.25, -0.2) is 8.78 Å². The molecule has 0 bridgehead atoms. The van der Waals surface area contributed by atoms with E-state index in [9.17, 15) is 8.78 Å². The molecule has 0 aromatic rings. The van der Waals surface area contributed by atoms with Gasteiger partial charge in [-0.2, -0.15) is 0 Å². The first-order chi connectivity index (χ1) is 5.07. The van der Waals surface area contributed by atoms with E-state index >= 15 is 0 Å². The zero-order chi connectivity index (χ0) is 8.85. The Hall–Kier alpha value is -0.180. The Morgan fingerprint density at radius 1 is 1.27 bits per heavy atom. The van der Waals surface area contributed by atoms with Crippen LogP contribution in [-0.4, -0.2) is 19.0 Å². The average Bonchev–Trinajstić information content (AvgIpc) is 1.86. The van der Waals surface area contributed by atoms with Gasteiger partial charge in [0, 0.05) is 0 Å². The SMILES string of the molecule is CCNC(CC(C)C)C(F)F. The number of hydrogen-bond donors (Lipinski definition) is 1. The highest BCUT2D eigenvalue weighted by Crippen LogP contribution is 2.11. The summed E-state index contributed by atoms with van der Waals surface area (Å²) in [7, 11) is 0. The Morgan fingerprint density at radius 3 is 2.09 bits per heavy atom. The second kappa shape index (κ2) is 5.47. The summed E-state index contributed by atoms with van der Waals surface area (Å²) in [5.41, 5.74) is 0. The molecule has 0 aliphatic rings. The lowest BCUT2D eigenvalue weighted by Crippen LogP contribution is -2.36. The van der Waals surface area contributed by atoms with Crippen LogP contribution in [0.3, 0.4) is 0 Å². The molecular formula is C8H17F2N. The fourth-order valence-corrected chi connectivity index (χ4v) is 1.05. The quantitative estimate of drug-likeness (QED) is 0.659. The van der Waals surface area contributed by atoms with Crippen molar-refractivity contribution in [3.05, 3.63) is 0 Å². The molecule has 68 valence electrons. The molecule has 0 radical (unpaired) electrons. The Morgan fingerprint density at radius 2 is 1.82 bits per heavy atom. The Labute approximate surface area is 67.2 Å². The number of nitrogens with one attached hydrogen (secondary N) is 1. The van der Waals surface area contributed by atoms with Gasteiger partial charge in [-0.05, 0) is 18.9 Å². The molecular weight excluding hydrogens is 148 g/mol. The molecule has 0 aliphatic carbocycles. The van der Waals surface area contributed by atoms with Crippen molar-refractivity contribution in [2.24, 2.45) is 5.92 Å². The summed E-state index contributed by atoms with van der Waals surface area (Å²) in [6, 6.07) is -0.625.